The number of guanidine groups is 1. The van der Waals surface area contributed by atoms with E-state index in [9.17, 15) is 22.0 Å². The fourth-order valence-corrected chi connectivity index (χ4v) is 3.74. The maximum atomic E-state index is 14.0. The summed E-state index contributed by atoms with van der Waals surface area (Å²) in [5.41, 5.74) is 0.354. The monoisotopic (exact) mass is 405 g/mol. The third kappa shape index (κ3) is 5.46. The molecular weight excluding hydrogens is 381 g/mol. The van der Waals surface area contributed by atoms with Crippen molar-refractivity contribution in [2.24, 2.45) is 4.99 Å². The van der Waals surface area contributed by atoms with Gasteiger partial charge in [-0.25, -0.2) is 8.78 Å². The van der Waals surface area contributed by atoms with Gasteiger partial charge >= 0.3 is 6.18 Å². The highest BCUT2D eigenvalue weighted by Gasteiger charge is 2.34. The molecule has 2 N–H and O–H groups in total. The van der Waals surface area contributed by atoms with E-state index in [0.717, 1.165) is 12.5 Å². The molecular formula is C18H24F5N5. The van der Waals surface area contributed by atoms with E-state index < -0.39 is 24.4 Å². The largest absolute Gasteiger partial charge is 0.401 e. The summed E-state index contributed by atoms with van der Waals surface area (Å²) in [6.45, 7) is 0.916. The van der Waals surface area contributed by atoms with Crippen molar-refractivity contribution < 1.29 is 22.0 Å². The smallest absolute Gasteiger partial charge is 0.367 e. The Hall–Kier alpha value is -2.10. The minimum atomic E-state index is -4.20. The lowest BCUT2D eigenvalue weighted by Gasteiger charge is -2.23. The molecule has 3 rings (SSSR count). The van der Waals surface area contributed by atoms with Crippen molar-refractivity contribution in [3.05, 3.63) is 29.8 Å². The lowest BCUT2D eigenvalue weighted by Crippen LogP contribution is -2.49. The van der Waals surface area contributed by atoms with Crippen molar-refractivity contribution >= 4 is 11.6 Å². The van der Waals surface area contributed by atoms with Gasteiger partial charge in [-0.3, -0.25) is 9.89 Å². The molecule has 2 unspecified atom stereocenters. The topological polar surface area (TPSA) is 42.9 Å². The van der Waals surface area contributed by atoms with E-state index in [1.54, 1.807) is 7.05 Å². The Bertz CT molecular complexity index is 708. The lowest BCUT2D eigenvalue weighted by molar-refractivity contribution is -0.143. The maximum Gasteiger partial charge on any atom is 0.401 e. The zero-order valence-corrected chi connectivity index (χ0v) is 15.6. The summed E-state index contributed by atoms with van der Waals surface area (Å²) >= 11 is 0. The summed E-state index contributed by atoms with van der Waals surface area (Å²) in [7, 11) is 1.60. The van der Waals surface area contributed by atoms with Gasteiger partial charge in [-0.15, -0.1) is 0 Å². The van der Waals surface area contributed by atoms with Crippen LogP contribution in [0.25, 0.3) is 0 Å². The molecule has 0 aromatic heterocycles. The summed E-state index contributed by atoms with van der Waals surface area (Å²) in [5, 5.41) is 6.42. The summed E-state index contributed by atoms with van der Waals surface area (Å²) in [6.07, 6.45) is -2.85. The van der Waals surface area contributed by atoms with Gasteiger partial charge in [0, 0.05) is 51.4 Å². The molecule has 2 saturated heterocycles. The van der Waals surface area contributed by atoms with Gasteiger partial charge in [0.1, 0.15) is 11.6 Å². The maximum absolute atomic E-state index is 14.0. The number of rotatable bonds is 4. The Morgan fingerprint density at radius 3 is 2.43 bits per heavy atom. The summed E-state index contributed by atoms with van der Waals surface area (Å²) in [6, 6.07) is 3.41. The van der Waals surface area contributed by atoms with Crippen LogP contribution in [0.15, 0.2) is 23.2 Å². The first kappa shape index (κ1) is 20.6. The number of hydrogen-bond acceptors (Lipinski definition) is 3. The van der Waals surface area contributed by atoms with Crippen LogP contribution in [0, 0.1) is 11.6 Å². The van der Waals surface area contributed by atoms with E-state index >= 15 is 0 Å². The molecule has 0 radical (unpaired) electrons. The number of nitrogens with zero attached hydrogens (tertiary/aromatic N) is 3. The van der Waals surface area contributed by atoms with Crippen molar-refractivity contribution in [1.82, 2.24) is 15.5 Å². The van der Waals surface area contributed by atoms with Crippen LogP contribution in [-0.4, -0.2) is 68.9 Å². The van der Waals surface area contributed by atoms with E-state index in [0.29, 0.717) is 44.2 Å². The molecule has 5 nitrogen and oxygen atoms in total. The van der Waals surface area contributed by atoms with E-state index in [4.69, 9.17) is 0 Å². The number of alkyl halides is 3. The molecule has 0 amide bonds. The third-order valence-electron chi connectivity index (χ3n) is 5.02. The molecule has 0 aliphatic carbocycles. The first-order valence-corrected chi connectivity index (χ1v) is 9.22. The lowest BCUT2D eigenvalue weighted by atomic mass is 10.2. The van der Waals surface area contributed by atoms with Gasteiger partial charge in [-0.2, -0.15) is 13.2 Å². The molecule has 0 saturated carbocycles. The molecule has 2 atom stereocenters. The first-order valence-electron chi connectivity index (χ1n) is 9.22. The van der Waals surface area contributed by atoms with E-state index in [1.165, 1.54) is 17.0 Å². The fourth-order valence-electron chi connectivity index (χ4n) is 3.74. The molecule has 0 spiro atoms. The molecule has 1 aromatic rings. The molecule has 2 fully saturated rings. The van der Waals surface area contributed by atoms with E-state index in [1.807, 2.05) is 4.90 Å². The van der Waals surface area contributed by atoms with Gasteiger partial charge in [0.15, 0.2) is 5.96 Å². The number of nitrogens with one attached hydrogen (secondary N) is 2. The van der Waals surface area contributed by atoms with Crippen molar-refractivity contribution in [3.8, 4) is 0 Å². The van der Waals surface area contributed by atoms with Crippen LogP contribution in [0.5, 0.6) is 0 Å². The van der Waals surface area contributed by atoms with Gasteiger partial charge in [-0.05, 0) is 25.0 Å². The minimum absolute atomic E-state index is 0.00309. The fraction of sp³-hybridized carbons (Fsp3) is 0.611. The third-order valence-corrected chi connectivity index (χ3v) is 5.02. The second kappa shape index (κ2) is 8.50. The molecule has 2 heterocycles. The zero-order valence-electron chi connectivity index (χ0n) is 15.6. The van der Waals surface area contributed by atoms with E-state index in [-0.39, 0.29) is 12.1 Å². The van der Waals surface area contributed by atoms with E-state index in [2.05, 4.69) is 15.6 Å². The molecule has 0 bridgehead atoms. The van der Waals surface area contributed by atoms with Gasteiger partial charge < -0.3 is 15.5 Å². The second-order valence-electron chi connectivity index (χ2n) is 7.22. The van der Waals surface area contributed by atoms with Crippen LogP contribution in [0.1, 0.15) is 12.8 Å². The Labute approximate surface area is 160 Å². The Morgan fingerprint density at radius 2 is 1.79 bits per heavy atom. The van der Waals surface area contributed by atoms with Gasteiger partial charge in [0.25, 0.3) is 0 Å². The predicted octanol–water partition coefficient (Wildman–Crippen LogP) is 2.35. The van der Waals surface area contributed by atoms with Crippen LogP contribution in [-0.2, 0) is 0 Å². The van der Waals surface area contributed by atoms with Crippen molar-refractivity contribution in [2.45, 2.75) is 31.1 Å². The van der Waals surface area contributed by atoms with Crippen LogP contribution in [0.2, 0.25) is 0 Å². The number of halogens is 5. The number of hydrogen-bond donors (Lipinski definition) is 2. The minimum Gasteiger partial charge on any atom is -0.367 e. The standard InChI is InChI=1S/C18H24F5N5/c1-24-17(25-13-4-6-27(9-13)11-18(21,22)23)26-14-5-7-28(10-14)16-3-2-12(19)8-15(16)20/h2-3,8,13-14H,4-7,9-11H2,1H3,(H2,24,25,26). The van der Waals surface area contributed by atoms with Crippen LogP contribution < -0.4 is 15.5 Å². The molecule has 1 aromatic carbocycles. The number of likely N-dealkylation sites (tertiary alicyclic amines) is 1. The van der Waals surface area contributed by atoms with Gasteiger partial charge in [-0.1, -0.05) is 0 Å². The number of aliphatic imine (C=N–C) groups is 1. The molecule has 10 heteroatoms. The Balaban J connectivity index is 1.49. The van der Waals surface area contributed by atoms with Crippen molar-refractivity contribution in [2.75, 3.05) is 44.7 Å². The van der Waals surface area contributed by atoms with Crippen molar-refractivity contribution in [3.63, 3.8) is 0 Å². The van der Waals surface area contributed by atoms with Crippen LogP contribution in [0.3, 0.4) is 0 Å². The highest BCUT2D eigenvalue weighted by Crippen LogP contribution is 2.24. The Morgan fingerprint density at radius 1 is 1.11 bits per heavy atom. The molecule has 2 aliphatic rings. The summed E-state index contributed by atoms with van der Waals surface area (Å²) < 4.78 is 64.6. The zero-order chi connectivity index (χ0) is 20.3. The summed E-state index contributed by atoms with van der Waals surface area (Å²) in [4.78, 5) is 7.36. The number of benzene rings is 1. The average molecular weight is 405 g/mol. The predicted molar refractivity (Wildman–Crippen MR) is 97.5 cm³/mol. The summed E-state index contributed by atoms with van der Waals surface area (Å²) in [5.74, 6) is -0.694. The first-order chi connectivity index (χ1) is 13.2. The Kier molecular flexibility index (Phi) is 6.26. The SMILES string of the molecule is CN=C(NC1CCN(CC(F)(F)F)C1)NC1CCN(c2ccc(F)cc2F)C1. The van der Waals surface area contributed by atoms with Gasteiger partial charge in [0.05, 0.1) is 12.2 Å². The highest BCUT2D eigenvalue weighted by molar-refractivity contribution is 5.80. The normalized spacial score (nSPS) is 24.1. The van der Waals surface area contributed by atoms with Crippen molar-refractivity contribution in [1.29, 1.82) is 0 Å². The average Bonchev–Trinajstić information content (AvgIpc) is 3.22. The quantitative estimate of drug-likeness (QED) is 0.459. The molecule has 156 valence electrons. The molecule has 28 heavy (non-hydrogen) atoms. The van der Waals surface area contributed by atoms with Crippen LogP contribution >= 0.6 is 0 Å². The number of anilines is 1. The van der Waals surface area contributed by atoms with Crippen LogP contribution in [0.4, 0.5) is 27.6 Å². The molecule has 2 aliphatic heterocycles. The second-order valence-corrected chi connectivity index (χ2v) is 7.22. The highest BCUT2D eigenvalue weighted by atomic mass is 19.4. The van der Waals surface area contributed by atoms with Gasteiger partial charge in [0.2, 0.25) is 0 Å².